The Morgan fingerprint density at radius 3 is 2.88 bits per heavy atom. The predicted octanol–water partition coefficient (Wildman–Crippen LogP) is 2.58. The fraction of sp³-hybridized carbons (Fsp3) is 0.417. The molecule has 1 heterocycles. The molecular formula is C12H13BrClNO2. The Kier molecular flexibility index (Phi) is 4.07. The molecule has 5 heteroatoms. The van der Waals surface area contributed by atoms with Crippen molar-refractivity contribution in [3.63, 3.8) is 0 Å². The Morgan fingerprint density at radius 1 is 1.53 bits per heavy atom. The summed E-state index contributed by atoms with van der Waals surface area (Å²) in [4.78, 5) is 13.6. The zero-order chi connectivity index (χ0) is 12.4. The molecule has 1 atom stereocenters. The van der Waals surface area contributed by atoms with Gasteiger partial charge in [0.2, 0.25) is 5.91 Å². The van der Waals surface area contributed by atoms with Crippen LogP contribution < -0.4 is 4.90 Å². The zero-order valence-corrected chi connectivity index (χ0v) is 11.5. The van der Waals surface area contributed by atoms with Gasteiger partial charge in [-0.2, -0.15) is 0 Å². The minimum Gasteiger partial charge on any atom is -0.392 e. The number of halogens is 2. The molecule has 2 rings (SSSR count). The van der Waals surface area contributed by atoms with E-state index in [1.54, 1.807) is 23.1 Å². The van der Waals surface area contributed by atoms with Gasteiger partial charge in [-0.1, -0.05) is 27.5 Å². The van der Waals surface area contributed by atoms with Crippen LogP contribution >= 0.6 is 27.5 Å². The van der Waals surface area contributed by atoms with Crippen LogP contribution in [0.1, 0.15) is 12.0 Å². The number of hydrogen-bond donors (Lipinski definition) is 1. The lowest BCUT2D eigenvalue weighted by Crippen LogP contribution is -2.25. The maximum Gasteiger partial charge on any atom is 0.227 e. The van der Waals surface area contributed by atoms with Gasteiger partial charge in [0.15, 0.2) is 0 Å². The molecule has 1 aliphatic heterocycles. The molecule has 1 amide bonds. The molecule has 1 aromatic carbocycles. The number of carbonyl (C=O) groups excluding carboxylic acids is 1. The van der Waals surface area contributed by atoms with Crippen LogP contribution in [0.5, 0.6) is 0 Å². The molecule has 0 bridgehead atoms. The highest BCUT2D eigenvalue weighted by atomic mass is 79.9. The van der Waals surface area contributed by atoms with Crippen molar-refractivity contribution in [1.82, 2.24) is 0 Å². The second-order valence-corrected chi connectivity index (χ2v) is 5.24. The first-order valence-corrected chi connectivity index (χ1v) is 6.91. The summed E-state index contributed by atoms with van der Waals surface area (Å²) < 4.78 is 0. The Balaban J connectivity index is 2.31. The van der Waals surface area contributed by atoms with E-state index in [2.05, 4.69) is 15.9 Å². The molecule has 17 heavy (non-hydrogen) atoms. The number of nitrogens with zero attached hydrogens (tertiary/aromatic N) is 1. The molecule has 1 N–H and O–H groups in total. The van der Waals surface area contributed by atoms with Crippen molar-refractivity contribution in [2.24, 2.45) is 5.92 Å². The van der Waals surface area contributed by atoms with Gasteiger partial charge in [0.05, 0.1) is 6.61 Å². The van der Waals surface area contributed by atoms with Crippen molar-refractivity contribution in [2.75, 3.05) is 16.8 Å². The van der Waals surface area contributed by atoms with Crippen LogP contribution in [0, 0.1) is 5.92 Å². The average Bonchev–Trinajstić information content (AvgIpc) is 2.70. The quantitative estimate of drug-likeness (QED) is 0.870. The Morgan fingerprint density at radius 2 is 2.29 bits per heavy atom. The van der Waals surface area contributed by atoms with Gasteiger partial charge in [-0.15, -0.1) is 0 Å². The fourth-order valence-corrected chi connectivity index (χ4v) is 2.69. The number of anilines is 1. The summed E-state index contributed by atoms with van der Waals surface area (Å²) >= 11 is 9.27. The van der Waals surface area contributed by atoms with E-state index < -0.39 is 0 Å². The molecule has 0 saturated carbocycles. The van der Waals surface area contributed by atoms with E-state index in [9.17, 15) is 9.90 Å². The molecule has 0 aromatic heterocycles. The topological polar surface area (TPSA) is 40.5 Å². The fourth-order valence-electron chi connectivity index (χ4n) is 2.06. The van der Waals surface area contributed by atoms with E-state index in [1.165, 1.54) is 0 Å². The number of alkyl halides is 1. The van der Waals surface area contributed by atoms with Crippen LogP contribution in [0.25, 0.3) is 0 Å². The molecule has 0 aliphatic carbocycles. The summed E-state index contributed by atoms with van der Waals surface area (Å²) in [6.45, 7) is 0.581. The second-order valence-electron chi connectivity index (χ2n) is 4.16. The summed E-state index contributed by atoms with van der Waals surface area (Å²) in [6.07, 6.45) is 0.554. The smallest absolute Gasteiger partial charge is 0.227 e. The number of aliphatic hydroxyl groups excluding tert-OH is 1. The number of rotatable bonds is 3. The maximum atomic E-state index is 11.9. The van der Waals surface area contributed by atoms with Gasteiger partial charge >= 0.3 is 0 Å². The molecule has 92 valence electrons. The summed E-state index contributed by atoms with van der Waals surface area (Å²) in [7, 11) is 0. The molecule has 1 aromatic rings. The third kappa shape index (κ3) is 2.64. The number of aliphatic hydroxyl groups is 1. The summed E-state index contributed by atoms with van der Waals surface area (Å²) in [5, 5.41) is 10.7. The molecule has 0 radical (unpaired) electrons. The predicted molar refractivity (Wildman–Crippen MR) is 71.6 cm³/mol. The second kappa shape index (κ2) is 5.38. The maximum absolute atomic E-state index is 11.9. The Bertz CT molecular complexity index is 439. The summed E-state index contributed by atoms with van der Waals surface area (Å²) in [5.41, 5.74) is 1.46. The highest BCUT2D eigenvalue weighted by Crippen LogP contribution is 2.30. The first kappa shape index (κ1) is 12.9. The van der Waals surface area contributed by atoms with Gasteiger partial charge in [0.1, 0.15) is 0 Å². The lowest BCUT2D eigenvalue weighted by atomic mass is 10.1. The Labute approximate surface area is 114 Å². The molecule has 0 spiro atoms. The summed E-state index contributed by atoms with van der Waals surface area (Å²) in [6, 6.07) is 5.23. The first-order valence-electron chi connectivity index (χ1n) is 5.41. The molecule has 1 unspecified atom stereocenters. The van der Waals surface area contributed by atoms with Crippen molar-refractivity contribution < 1.29 is 9.90 Å². The van der Waals surface area contributed by atoms with Crippen LogP contribution in [-0.4, -0.2) is 22.9 Å². The monoisotopic (exact) mass is 317 g/mol. The highest BCUT2D eigenvalue weighted by Gasteiger charge is 2.30. The third-order valence-corrected chi connectivity index (χ3v) is 4.08. The number of carbonyl (C=O) groups is 1. The van der Waals surface area contributed by atoms with Crippen molar-refractivity contribution in [2.45, 2.75) is 13.0 Å². The molecule has 1 saturated heterocycles. The van der Waals surface area contributed by atoms with Gasteiger partial charge in [0.25, 0.3) is 0 Å². The highest BCUT2D eigenvalue weighted by molar-refractivity contribution is 9.09. The van der Waals surface area contributed by atoms with Crippen LogP contribution in [0.4, 0.5) is 5.69 Å². The van der Waals surface area contributed by atoms with E-state index in [-0.39, 0.29) is 12.5 Å². The number of amides is 1. The van der Waals surface area contributed by atoms with Crippen molar-refractivity contribution in [3.05, 3.63) is 28.8 Å². The first-order chi connectivity index (χ1) is 8.15. The van der Waals surface area contributed by atoms with E-state index >= 15 is 0 Å². The minimum absolute atomic E-state index is 0.103. The molecule has 1 aliphatic rings. The van der Waals surface area contributed by atoms with E-state index in [4.69, 9.17) is 11.6 Å². The normalized spacial score (nSPS) is 20.1. The largest absolute Gasteiger partial charge is 0.392 e. The zero-order valence-electron chi connectivity index (χ0n) is 9.20. The van der Waals surface area contributed by atoms with Gasteiger partial charge in [0, 0.05) is 34.6 Å². The third-order valence-electron chi connectivity index (χ3n) is 2.93. The Hall–Kier alpha value is -0.580. The standard InChI is InChI=1S/C12H13BrClNO2/c13-5-8-3-12(17)15(6-8)11-2-1-10(14)4-9(11)7-16/h1-2,4,8,16H,3,5-7H2. The van der Waals surface area contributed by atoms with E-state index in [0.29, 0.717) is 29.5 Å². The van der Waals surface area contributed by atoms with Crippen LogP contribution in [0.2, 0.25) is 5.02 Å². The molecule has 3 nitrogen and oxygen atoms in total. The van der Waals surface area contributed by atoms with Crippen LogP contribution in [-0.2, 0) is 11.4 Å². The minimum atomic E-state index is -0.112. The summed E-state index contributed by atoms with van der Waals surface area (Å²) in [5.74, 6) is 0.441. The van der Waals surface area contributed by atoms with Gasteiger partial charge in [-0.05, 0) is 24.1 Å². The molecular weight excluding hydrogens is 305 g/mol. The van der Waals surface area contributed by atoms with Crippen LogP contribution in [0.3, 0.4) is 0 Å². The van der Waals surface area contributed by atoms with Gasteiger partial charge in [-0.25, -0.2) is 0 Å². The van der Waals surface area contributed by atoms with Gasteiger partial charge < -0.3 is 10.0 Å². The van der Waals surface area contributed by atoms with E-state index in [0.717, 1.165) is 11.0 Å². The lowest BCUT2D eigenvalue weighted by Gasteiger charge is -2.19. The lowest BCUT2D eigenvalue weighted by molar-refractivity contribution is -0.117. The number of benzene rings is 1. The van der Waals surface area contributed by atoms with Gasteiger partial charge in [-0.3, -0.25) is 4.79 Å². The van der Waals surface area contributed by atoms with Crippen molar-refractivity contribution in [3.8, 4) is 0 Å². The average molecular weight is 319 g/mol. The van der Waals surface area contributed by atoms with Crippen LogP contribution in [0.15, 0.2) is 18.2 Å². The SMILES string of the molecule is O=C1CC(CBr)CN1c1ccc(Cl)cc1CO. The van der Waals surface area contributed by atoms with Crippen molar-refractivity contribution >= 4 is 39.1 Å². The molecule has 1 fully saturated rings. The van der Waals surface area contributed by atoms with E-state index in [1.807, 2.05) is 0 Å². The number of hydrogen-bond acceptors (Lipinski definition) is 2. The van der Waals surface area contributed by atoms with Crippen molar-refractivity contribution in [1.29, 1.82) is 0 Å².